The fraction of sp³-hybridized carbons (Fsp3) is 0.562. The maximum absolute atomic E-state index is 5.88. The van der Waals surface area contributed by atoms with Crippen LogP contribution in [0.4, 0.5) is 0 Å². The highest BCUT2D eigenvalue weighted by molar-refractivity contribution is 6.30. The molecule has 0 saturated heterocycles. The predicted molar refractivity (Wildman–Crippen MR) is 90.2 cm³/mol. The molecule has 0 heterocycles. The first kappa shape index (κ1) is 17.8. The summed E-state index contributed by atoms with van der Waals surface area (Å²) in [4.78, 5) is 4.52. The van der Waals surface area contributed by atoms with Crippen molar-refractivity contribution < 1.29 is 4.74 Å². The second-order valence-corrected chi connectivity index (χ2v) is 5.05. The van der Waals surface area contributed by atoms with Gasteiger partial charge in [-0.2, -0.15) is 0 Å². The molecule has 0 spiro atoms. The van der Waals surface area contributed by atoms with Crippen LogP contribution in [0.3, 0.4) is 0 Å². The molecular formula is C16H26ClN3O. The molecule has 0 aliphatic carbocycles. The molecule has 21 heavy (non-hydrogen) atoms. The van der Waals surface area contributed by atoms with Crippen molar-refractivity contribution in [3.63, 3.8) is 0 Å². The van der Waals surface area contributed by atoms with E-state index in [1.807, 2.05) is 19.1 Å². The van der Waals surface area contributed by atoms with E-state index in [9.17, 15) is 0 Å². The van der Waals surface area contributed by atoms with E-state index in [0.717, 1.165) is 56.7 Å². The molecule has 0 aromatic heterocycles. The largest absolute Gasteiger partial charge is 0.382 e. The first-order valence-electron chi connectivity index (χ1n) is 7.60. The molecule has 0 aliphatic heterocycles. The van der Waals surface area contributed by atoms with Gasteiger partial charge in [-0.3, -0.25) is 4.99 Å². The molecule has 118 valence electrons. The molecule has 0 bridgehead atoms. The molecule has 2 N–H and O–H groups in total. The number of ether oxygens (including phenoxy) is 1. The Balaban J connectivity index is 2.29. The lowest BCUT2D eigenvalue weighted by atomic mass is 10.1. The van der Waals surface area contributed by atoms with Gasteiger partial charge < -0.3 is 15.4 Å². The van der Waals surface area contributed by atoms with E-state index in [1.165, 1.54) is 5.56 Å². The van der Waals surface area contributed by atoms with Gasteiger partial charge in [0, 0.05) is 37.9 Å². The predicted octanol–water partition coefficient (Wildman–Crippen LogP) is 2.86. The van der Waals surface area contributed by atoms with Crippen molar-refractivity contribution in [1.82, 2.24) is 10.6 Å². The number of rotatable bonds is 9. The fourth-order valence-electron chi connectivity index (χ4n) is 1.82. The second-order valence-electron chi connectivity index (χ2n) is 4.61. The van der Waals surface area contributed by atoms with Gasteiger partial charge in [0.05, 0.1) is 0 Å². The van der Waals surface area contributed by atoms with E-state index in [0.29, 0.717) is 0 Å². The minimum atomic E-state index is 0.767. The summed E-state index contributed by atoms with van der Waals surface area (Å²) in [6.45, 7) is 8.09. The van der Waals surface area contributed by atoms with E-state index in [-0.39, 0.29) is 0 Å². The Labute approximate surface area is 132 Å². The Morgan fingerprint density at radius 2 is 1.95 bits per heavy atom. The quantitative estimate of drug-likeness (QED) is 0.419. The number of nitrogens with zero attached hydrogens (tertiary/aromatic N) is 1. The normalized spacial score (nSPS) is 11.5. The summed E-state index contributed by atoms with van der Waals surface area (Å²) in [6.07, 6.45) is 1.89. The van der Waals surface area contributed by atoms with Crippen LogP contribution < -0.4 is 10.6 Å². The molecule has 5 heteroatoms. The molecule has 0 unspecified atom stereocenters. The molecule has 0 fully saturated rings. The van der Waals surface area contributed by atoms with Gasteiger partial charge in [-0.05, 0) is 44.4 Å². The van der Waals surface area contributed by atoms with Crippen LogP contribution in [-0.2, 0) is 11.2 Å². The molecule has 0 saturated carbocycles. The molecule has 0 atom stereocenters. The van der Waals surface area contributed by atoms with Crippen LogP contribution >= 0.6 is 11.6 Å². The number of aliphatic imine (C=N–C) groups is 1. The van der Waals surface area contributed by atoms with Gasteiger partial charge in [-0.25, -0.2) is 0 Å². The minimum Gasteiger partial charge on any atom is -0.382 e. The highest BCUT2D eigenvalue weighted by atomic mass is 35.5. The molecule has 1 rings (SSSR count). The maximum atomic E-state index is 5.88. The van der Waals surface area contributed by atoms with Gasteiger partial charge in [-0.1, -0.05) is 23.7 Å². The summed E-state index contributed by atoms with van der Waals surface area (Å²) in [5.41, 5.74) is 1.26. The van der Waals surface area contributed by atoms with Crippen LogP contribution in [0.15, 0.2) is 29.3 Å². The van der Waals surface area contributed by atoms with E-state index in [1.54, 1.807) is 0 Å². The average molecular weight is 312 g/mol. The summed E-state index contributed by atoms with van der Waals surface area (Å²) < 4.78 is 5.30. The lowest BCUT2D eigenvalue weighted by Crippen LogP contribution is -2.38. The van der Waals surface area contributed by atoms with Crippen LogP contribution in [-0.4, -0.2) is 38.8 Å². The SMILES string of the molecule is CCNC(=NCCCOCC)NCCc1ccc(Cl)cc1. The lowest BCUT2D eigenvalue weighted by molar-refractivity contribution is 0.146. The van der Waals surface area contributed by atoms with Gasteiger partial charge in [0.25, 0.3) is 0 Å². The smallest absolute Gasteiger partial charge is 0.191 e. The summed E-state index contributed by atoms with van der Waals surface area (Å²) in [5, 5.41) is 7.36. The van der Waals surface area contributed by atoms with E-state index >= 15 is 0 Å². The Morgan fingerprint density at radius 3 is 2.62 bits per heavy atom. The summed E-state index contributed by atoms with van der Waals surface area (Å²) in [6, 6.07) is 7.94. The summed E-state index contributed by atoms with van der Waals surface area (Å²) in [5.74, 6) is 0.864. The van der Waals surface area contributed by atoms with Gasteiger partial charge >= 0.3 is 0 Å². The molecule has 0 radical (unpaired) electrons. The third-order valence-corrected chi connectivity index (χ3v) is 3.14. The van der Waals surface area contributed by atoms with Crippen molar-refractivity contribution in [3.05, 3.63) is 34.9 Å². The highest BCUT2D eigenvalue weighted by Gasteiger charge is 1.98. The van der Waals surface area contributed by atoms with Crippen LogP contribution in [0.1, 0.15) is 25.8 Å². The number of nitrogens with one attached hydrogen (secondary N) is 2. The van der Waals surface area contributed by atoms with Crippen molar-refractivity contribution in [2.24, 2.45) is 4.99 Å². The second kappa shape index (κ2) is 11.4. The minimum absolute atomic E-state index is 0.767. The number of halogens is 1. The monoisotopic (exact) mass is 311 g/mol. The zero-order valence-electron chi connectivity index (χ0n) is 13.0. The van der Waals surface area contributed by atoms with Gasteiger partial charge in [0.1, 0.15) is 0 Å². The molecular weight excluding hydrogens is 286 g/mol. The number of benzene rings is 1. The zero-order chi connectivity index (χ0) is 15.3. The Kier molecular flexibility index (Phi) is 9.66. The van der Waals surface area contributed by atoms with E-state index in [4.69, 9.17) is 16.3 Å². The summed E-state index contributed by atoms with van der Waals surface area (Å²) in [7, 11) is 0. The first-order valence-corrected chi connectivity index (χ1v) is 7.98. The molecule has 1 aromatic carbocycles. The molecule has 0 amide bonds. The van der Waals surface area contributed by atoms with E-state index in [2.05, 4.69) is 34.7 Å². The van der Waals surface area contributed by atoms with Gasteiger partial charge in [-0.15, -0.1) is 0 Å². The fourth-order valence-corrected chi connectivity index (χ4v) is 1.95. The highest BCUT2D eigenvalue weighted by Crippen LogP contribution is 2.09. The third kappa shape index (κ3) is 8.58. The van der Waals surface area contributed by atoms with Crippen LogP contribution in [0.2, 0.25) is 5.02 Å². The average Bonchev–Trinajstić information content (AvgIpc) is 2.49. The summed E-state index contributed by atoms with van der Waals surface area (Å²) >= 11 is 5.88. The topological polar surface area (TPSA) is 45.7 Å². The Hall–Kier alpha value is -1.26. The lowest BCUT2D eigenvalue weighted by Gasteiger charge is -2.11. The van der Waals surface area contributed by atoms with Crippen molar-refractivity contribution in [1.29, 1.82) is 0 Å². The molecule has 1 aromatic rings. The Morgan fingerprint density at radius 1 is 1.19 bits per heavy atom. The molecule has 4 nitrogen and oxygen atoms in total. The van der Waals surface area contributed by atoms with Crippen LogP contribution in [0.5, 0.6) is 0 Å². The van der Waals surface area contributed by atoms with Crippen molar-refractivity contribution in [2.75, 3.05) is 32.8 Å². The standard InChI is InChI=1S/C16H26ClN3O/c1-3-18-16(19-11-5-13-21-4-2)20-12-10-14-6-8-15(17)9-7-14/h6-9H,3-5,10-13H2,1-2H3,(H2,18,19,20). The van der Waals surface area contributed by atoms with Crippen molar-refractivity contribution in [2.45, 2.75) is 26.7 Å². The number of hydrogen-bond donors (Lipinski definition) is 2. The molecule has 0 aliphatic rings. The Bertz CT molecular complexity index is 406. The van der Waals surface area contributed by atoms with Crippen LogP contribution in [0.25, 0.3) is 0 Å². The van der Waals surface area contributed by atoms with Crippen molar-refractivity contribution in [3.8, 4) is 0 Å². The maximum Gasteiger partial charge on any atom is 0.191 e. The van der Waals surface area contributed by atoms with E-state index < -0.39 is 0 Å². The van der Waals surface area contributed by atoms with Crippen molar-refractivity contribution >= 4 is 17.6 Å². The van der Waals surface area contributed by atoms with Crippen LogP contribution in [0, 0.1) is 0 Å². The third-order valence-electron chi connectivity index (χ3n) is 2.88. The zero-order valence-corrected chi connectivity index (χ0v) is 13.7. The first-order chi connectivity index (χ1) is 10.3. The van der Waals surface area contributed by atoms with Gasteiger partial charge in [0.2, 0.25) is 0 Å². The van der Waals surface area contributed by atoms with Gasteiger partial charge in [0.15, 0.2) is 5.96 Å². The number of hydrogen-bond acceptors (Lipinski definition) is 2. The number of guanidine groups is 1.